The Morgan fingerprint density at radius 3 is 3.06 bits per heavy atom. The summed E-state index contributed by atoms with van der Waals surface area (Å²) in [6.45, 7) is 2.76. The summed E-state index contributed by atoms with van der Waals surface area (Å²) in [5.74, 6) is 0.963. The van der Waals surface area contributed by atoms with Gasteiger partial charge in [0.15, 0.2) is 10.4 Å². The number of nitrogens with zero attached hydrogens (tertiary/aromatic N) is 3. The zero-order chi connectivity index (χ0) is 12.7. The van der Waals surface area contributed by atoms with Crippen molar-refractivity contribution < 1.29 is 4.42 Å². The fourth-order valence-electron chi connectivity index (χ4n) is 2.26. The standard InChI is InChI=1S/C12H14N4OS/c1-8-10-11(15(2)14-8)16(12(18)13-10)6-5-9-4-3-7-17-9/h3-4,7H,5-6H2,1-2H3,(H,13,18). The summed E-state index contributed by atoms with van der Waals surface area (Å²) in [5, 5.41) is 4.39. The van der Waals surface area contributed by atoms with E-state index in [1.54, 1.807) is 6.26 Å². The maximum atomic E-state index is 5.36. The normalized spacial score (nSPS) is 11.4. The first-order valence-electron chi connectivity index (χ1n) is 5.81. The van der Waals surface area contributed by atoms with E-state index in [1.165, 1.54) is 0 Å². The number of aryl methyl sites for hydroxylation is 4. The van der Waals surface area contributed by atoms with Crippen LogP contribution in [0.2, 0.25) is 0 Å². The molecule has 0 aromatic carbocycles. The number of aromatic amines is 1. The topological polar surface area (TPSA) is 51.7 Å². The quantitative estimate of drug-likeness (QED) is 0.738. The van der Waals surface area contributed by atoms with Gasteiger partial charge in [0.1, 0.15) is 11.3 Å². The molecule has 0 saturated heterocycles. The molecule has 0 fully saturated rings. The lowest BCUT2D eigenvalue weighted by Gasteiger charge is -2.03. The fraction of sp³-hybridized carbons (Fsp3) is 0.333. The van der Waals surface area contributed by atoms with Crippen LogP contribution in [0.3, 0.4) is 0 Å². The Kier molecular flexibility index (Phi) is 2.59. The highest BCUT2D eigenvalue weighted by atomic mass is 32.1. The van der Waals surface area contributed by atoms with Crippen LogP contribution < -0.4 is 0 Å². The van der Waals surface area contributed by atoms with Crippen molar-refractivity contribution in [2.24, 2.45) is 7.05 Å². The van der Waals surface area contributed by atoms with Gasteiger partial charge in [-0.05, 0) is 31.3 Å². The minimum absolute atomic E-state index is 0.729. The van der Waals surface area contributed by atoms with Crippen LogP contribution in [0.25, 0.3) is 11.2 Å². The largest absolute Gasteiger partial charge is 0.469 e. The number of furan rings is 1. The van der Waals surface area contributed by atoms with Crippen molar-refractivity contribution >= 4 is 23.4 Å². The van der Waals surface area contributed by atoms with E-state index in [4.69, 9.17) is 16.6 Å². The van der Waals surface area contributed by atoms with Gasteiger partial charge in [0.2, 0.25) is 0 Å². The van der Waals surface area contributed by atoms with E-state index in [-0.39, 0.29) is 0 Å². The summed E-state index contributed by atoms with van der Waals surface area (Å²) in [5.41, 5.74) is 3.02. The number of aromatic nitrogens is 4. The van der Waals surface area contributed by atoms with Gasteiger partial charge in [0, 0.05) is 20.0 Å². The molecule has 5 nitrogen and oxygen atoms in total. The Bertz CT molecular complexity index is 732. The molecule has 6 heteroatoms. The third kappa shape index (κ3) is 1.69. The molecule has 0 amide bonds. The molecule has 3 aromatic rings. The molecule has 94 valence electrons. The number of fused-ring (bicyclic) bond motifs is 1. The zero-order valence-corrected chi connectivity index (χ0v) is 11.1. The van der Waals surface area contributed by atoms with Gasteiger partial charge in [-0.25, -0.2) is 0 Å². The highest BCUT2D eigenvalue weighted by molar-refractivity contribution is 7.71. The Hall–Kier alpha value is -1.82. The van der Waals surface area contributed by atoms with Crippen LogP contribution in [-0.4, -0.2) is 19.3 Å². The Morgan fingerprint density at radius 2 is 2.33 bits per heavy atom. The monoisotopic (exact) mass is 262 g/mol. The zero-order valence-electron chi connectivity index (χ0n) is 10.3. The summed E-state index contributed by atoms with van der Waals surface area (Å²) in [6.07, 6.45) is 2.51. The van der Waals surface area contributed by atoms with Gasteiger partial charge < -0.3 is 14.0 Å². The predicted molar refractivity (Wildman–Crippen MR) is 71.0 cm³/mol. The van der Waals surface area contributed by atoms with Crippen LogP contribution in [0, 0.1) is 11.7 Å². The van der Waals surface area contributed by atoms with E-state index < -0.39 is 0 Å². The van der Waals surface area contributed by atoms with Gasteiger partial charge in [-0.1, -0.05) is 0 Å². The first kappa shape index (κ1) is 11.3. The van der Waals surface area contributed by atoms with E-state index >= 15 is 0 Å². The minimum Gasteiger partial charge on any atom is -0.469 e. The van der Waals surface area contributed by atoms with Gasteiger partial charge in [0.05, 0.1) is 12.0 Å². The molecule has 3 heterocycles. The molecule has 0 aliphatic heterocycles. The second-order valence-corrected chi connectivity index (χ2v) is 4.71. The average Bonchev–Trinajstić information content (AvgIpc) is 2.98. The van der Waals surface area contributed by atoms with Crippen LogP contribution >= 0.6 is 12.2 Å². The third-order valence-corrected chi connectivity index (χ3v) is 3.41. The van der Waals surface area contributed by atoms with Crippen molar-refractivity contribution in [3.05, 3.63) is 34.6 Å². The number of imidazole rings is 1. The number of hydrogen-bond donors (Lipinski definition) is 1. The van der Waals surface area contributed by atoms with E-state index in [0.29, 0.717) is 0 Å². The number of nitrogens with one attached hydrogen (secondary N) is 1. The van der Waals surface area contributed by atoms with E-state index in [2.05, 4.69) is 14.6 Å². The number of hydrogen-bond acceptors (Lipinski definition) is 3. The summed E-state index contributed by atoms with van der Waals surface area (Å²) < 4.78 is 9.99. The highest BCUT2D eigenvalue weighted by Gasteiger charge is 2.12. The first-order chi connectivity index (χ1) is 8.66. The lowest BCUT2D eigenvalue weighted by molar-refractivity contribution is 0.490. The molecule has 1 N–H and O–H groups in total. The third-order valence-electron chi connectivity index (χ3n) is 3.09. The lowest BCUT2D eigenvalue weighted by atomic mass is 10.3. The van der Waals surface area contributed by atoms with E-state index in [0.717, 1.165) is 40.4 Å². The van der Waals surface area contributed by atoms with Crippen LogP contribution in [0.4, 0.5) is 0 Å². The molecule has 18 heavy (non-hydrogen) atoms. The molecule has 0 atom stereocenters. The lowest BCUT2D eigenvalue weighted by Crippen LogP contribution is -2.05. The summed E-state index contributed by atoms with van der Waals surface area (Å²) in [4.78, 5) is 3.21. The second-order valence-electron chi connectivity index (χ2n) is 4.32. The van der Waals surface area contributed by atoms with Gasteiger partial charge in [0.25, 0.3) is 0 Å². The van der Waals surface area contributed by atoms with Crippen LogP contribution in [0.5, 0.6) is 0 Å². The van der Waals surface area contributed by atoms with Crippen LogP contribution in [0.15, 0.2) is 22.8 Å². The molecule has 0 bridgehead atoms. The summed E-state index contributed by atoms with van der Waals surface area (Å²) in [6, 6.07) is 3.87. The maximum Gasteiger partial charge on any atom is 0.179 e. The molecular weight excluding hydrogens is 248 g/mol. The molecule has 0 aliphatic carbocycles. The van der Waals surface area contributed by atoms with Crippen molar-refractivity contribution in [2.45, 2.75) is 19.9 Å². The Balaban J connectivity index is 2.00. The second kappa shape index (κ2) is 4.13. The molecule has 0 aliphatic rings. The average molecular weight is 262 g/mol. The van der Waals surface area contributed by atoms with Gasteiger partial charge >= 0.3 is 0 Å². The number of rotatable bonds is 3. The highest BCUT2D eigenvalue weighted by Crippen LogP contribution is 2.17. The molecule has 0 saturated carbocycles. The Morgan fingerprint density at radius 1 is 1.50 bits per heavy atom. The molecular formula is C12H14N4OS. The maximum absolute atomic E-state index is 5.36. The van der Waals surface area contributed by atoms with Crippen molar-refractivity contribution in [1.82, 2.24) is 19.3 Å². The van der Waals surface area contributed by atoms with Crippen molar-refractivity contribution in [3.8, 4) is 0 Å². The van der Waals surface area contributed by atoms with Crippen molar-refractivity contribution in [1.29, 1.82) is 0 Å². The van der Waals surface area contributed by atoms with Crippen LogP contribution in [0.1, 0.15) is 11.5 Å². The van der Waals surface area contributed by atoms with Gasteiger partial charge in [-0.2, -0.15) is 5.10 Å². The molecule has 0 spiro atoms. The fourth-order valence-corrected chi connectivity index (χ4v) is 2.54. The smallest absolute Gasteiger partial charge is 0.179 e. The van der Waals surface area contributed by atoms with Crippen LogP contribution in [-0.2, 0) is 20.0 Å². The van der Waals surface area contributed by atoms with Crippen molar-refractivity contribution in [3.63, 3.8) is 0 Å². The minimum atomic E-state index is 0.729. The molecule has 0 radical (unpaired) electrons. The summed E-state index contributed by atoms with van der Waals surface area (Å²) in [7, 11) is 1.93. The Labute approximate surface area is 109 Å². The SMILES string of the molecule is Cc1nn(C)c2c1[nH]c(=S)n2CCc1ccco1. The molecule has 3 rings (SSSR count). The van der Waals surface area contributed by atoms with Gasteiger partial charge in [-0.15, -0.1) is 0 Å². The molecule has 0 unspecified atom stereocenters. The van der Waals surface area contributed by atoms with Crippen molar-refractivity contribution in [2.75, 3.05) is 0 Å². The van der Waals surface area contributed by atoms with E-state index in [9.17, 15) is 0 Å². The van der Waals surface area contributed by atoms with Gasteiger partial charge in [-0.3, -0.25) is 4.68 Å². The molecule has 3 aromatic heterocycles. The first-order valence-corrected chi connectivity index (χ1v) is 6.22. The summed E-state index contributed by atoms with van der Waals surface area (Å²) >= 11 is 5.36. The van der Waals surface area contributed by atoms with E-state index in [1.807, 2.05) is 30.8 Å². The predicted octanol–water partition coefficient (Wildman–Crippen LogP) is 2.58. The number of H-pyrrole nitrogens is 1.